The molecule has 2 aromatic carbocycles. The molecule has 0 heterocycles. The van der Waals surface area contributed by atoms with Crippen LogP contribution in [0.1, 0.15) is 18.0 Å². The van der Waals surface area contributed by atoms with Crippen molar-refractivity contribution in [3.63, 3.8) is 0 Å². The topological polar surface area (TPSA) is 73.9 Å². The fourth-order valence-electron chi connectivity index (χ4n) is 2.95. The molecule has 168 valence electrons. The van der Waals surface area contributed by atoms with Crippen LogP contribution in [0.25, 0.3) is 0 Å². The number of amides is 2. The first-order chi connectivity index (χ1) is 14.8. The van der Waals surface area contributed by atoms with Gasteiger partial charge in [-0.1, -0.05) is 12.1 Å². The lowest BCUT2D eigenvalue weighted by atomic mass is 10.1. The number of benzene rings is 2. The Labute approximate surface area is 183 Å². The molecular weight excluding hydrogens is 399 g/mol. The van der Waals surface area contributed by atoms with Crippen LogP contribution >= 0.6 is 0 Å². The SMILES string of the molecule is CN(C)CCCOc1ccc(NC(=O)C(=O)NCC(c2ccc(F)cc2)N(C)C)cc1. The molecule has 31 heavy (non-hydrogen) atoms. The largest absolute Gasteiger partial charge is 0.494 e. The fourth-order valence-corrected chi connectivity index (χ4v) is 2.95. The predicted molar refractivity (Wildman–Crippen MR) is 120 cm³/mol. The van der Waals surface area contributed by atoms with Crippen molar-refractivity contribution in [3.05, 3.63) is 59.9 Å². The highest BCUT2D eigenvalue weighted by Crippen LogP contribution is 2.18. The Balaban J connectivity index is 1.83. The molecule has 0 aliphatic carbocycles. The minimum absolute atomic E-state index is 0.193. The molecule has 0 aliphatic rings. The number of rotatable bonds is 10. The molecule has 8 heteroatoms. The maximum Gasteiger partial charge on any atom is 0.313 e. The number of hydrogen-bond donors (Lipinski definition) is 2. The Morgan fingerprint density at radius 3 is 2.19 bits per heavy atom. The first kappa shape index (κ1) is 24.3. The highest BCUT2D eigenvalue weighted by atomic mass is 19.1. The van der Waals surface area contributed by atoms with Crippen LogP contribution in [0.2, 0.25) is 0 Å². The van der Waals surface area contributed by atoms with Crippen LogP contribution < -0.4 is 15.4 Å². The number of nitrogens with zero attached hydrogens (tertiary/aromatic N) is 2. The third-order valence-corrected chi connectivity index (χ3v) is 4.67. The number of likely N-dealkylation sites (N-methyl/N-ethyl adjacent to an activating group) is 1. The second-order valence-corrected chi connectivity index (χ2v) is 7.72. The van der Waals surface area contributed by atoms with Gasteiger partial charge in [-0.05, 0) is 76.6 Å². The van der Waals surface area contributed by atoms with Gasteiger partial charge >= 0.3 is 11.8 Å². The molecule has 2 N–H and O–H groups in total. The Morgan fingerprint density at radius 1 is 0.968 bits per heavy atom. The van der Waals surface area contributed by atoms with Crippen molar-refractivity contribution in [2.45, 2.75) is 12.5 Å². The predicted octanol–water partition coefficient (Wildman–Crippen LogP) is 2.51. The van der Waals surface area contributed by atoms with Crippen LogP contribution in [-0.2, 0) is 9.59 Å². The van der Waals surface area contributed by atoms with Crippen LogP contribution in [-0.4, -0.2) is 69.5 Å². The summed E-state index contributed by atoms with van der Waals surface area (Å²) in [5.74, 6) is -1.11. The average Bonchev–Trinajstić information content (AvgIpc) is 2.73. The van der Waals surface area contributed by atoms with Crippen LogP contribution in [0.5, 0.6) is 5.75 Å². The van der Waals surface area contributed by atoms with E-state index in [0.717, 1.165) is 18.5 Å². The zero-order chi connectivity index (χ0) is 22.8. The number of hydrogen-bond acceptors (Lipinski definition) is 5. The molecule has 0 bridgehead atoms. The molecule has 7 nitrogen and oxygen atoms in total. The van der Waals surface area contributed by atoms with Gasteiger partial charge in [0.05, 0.1) is 12.6 Å². The van der Waals surface area contributed by atoms with Gasteiger partial charge in [-0.15, -0.1) is 0 Å². The van der Waals surface area contributed by atoms with Gasteiger partial charge in [0.2, 0.25) is 0 Å². The lowest BCUT2D eigenvalue weighted by molar-refractivity contribution is -0.136. The Bertz CT molecular complexity index is 839. The summed E-state index contributed by atoms with van der Waals surface area (Å²) >= 11 is 0. The second kappa shape index (κ2) is 12.0. The lowest BCUT2D eigenvalue weighted by Gasteiger charge is -2.25. The molecule has 0 aliphatic heterocycles. The summed E-state index contributed by atoms with van der Waals surface area (Å²) in [5, 5.41) is 5.21. The zero-order valence-electron chi connectivity index (χ0n) is 18.5. The van der Waals surface area contributed by atoms with Crippen molar-refractivity contribution in [2.24, 2.45) is 0 Å². The highest BCUT2D eigenvalue weighted by molar-refractivity contribution is 6.39. The monoisotopic (exact) mass is 430 g/mol. The third-order valence-electron chi connectivity index (χ3n) is 4.67. The smallest absolute Gasteiger partial charge is 0.313 e. The highest BCUT2D eigenvalue weighted by Gasteiger charge is 2.19. The maximum atomic E-state index is 13.2. The van der Waals surface area contributed by atoms with E-state index in [1.807, 2.05) is 33.1 Å². The summed E-state index contributed by atoms with van der Waals surface area (Å²) in [5.41, 5.74) is 1.34. The van der Waals surface area contributed by atoms with Crippen molar-refractivity contribution in [1.29, 1.82) is 0 Å². The molecule has 2 rings (SSSR count). The van der Waals surface area contributed by atoms with Gasteiger partial charge in [-0.3, -0.25) is 9.59 Å². The number of halogens is 1. The molecular formula is C23H31FN4O3. The standard InChI is InChI=1S/C23H31FN4O3/c1-27(2)14-5-15-31-20-12-10-19(11-13-20)26-23(30)22(29)25-16-21(28(3)4)17-6-8-18(24)9-7-17/h6-13,21H,5,14-16H2,1-4H3,(H,25,29)(H,26,30). The Kier molecular flexibility index (Phi) is 9.42. The molecule has 1 atom stereocenters. The zero-order valence-corrected chi connectivity index (χ0v) is 18.5. The van der Waals surface area contributed by atoms with Crippen molar-refractivity contribution in [1.82, 2.24) is 15.1 Å². The summed E-state index contributed by atoms with van der Waals surface area (Å²) < 4.78 is 18.8. The summed E-state index contributed by atoms with van der Waals surface area (Å²) in [6.07, 6.45) is 0.914. The number of nitrogens with one attached hydrogen (secondary N) is 2. The van der Waals surface area contributed by atoms with Gasteiger partial charge in [0, 0.05) is 18.8 Å². The summed E-state index contributed by atoms with van der Waals surface area (Å²) in [6, 6.07) is 12.8. The van der Waals surface area contributed by atoms with E-state index in [2.05, 4.69) is 15.5 Å². The van der Waals surface area contributed by atoms with Gasteiger partial charge in [-0.2, -0.15) is 0 Å². The van der Waals surface area contributed by atoms with E-state index < -0.39 is 11.8 Å². The number of ether oxygens (including phenoxy) is 1. The minimum atomic E-state index is -0.753. The third kappa shape index (κ3) is 8.35. The van der Waals surface area contributed by atoms with Crippen LogP contribution in [0, 0.1) is 5.82 Å². The summed E-state index contributed by atoms with van der Waals surface area (Å²) in [4.78, 5) is 28.4. The van der Waals surface area contributed by atoms with Crippen LogP contribution in [0.4, 0.5) is 10.1 Å². The number of carbonyl (C=O) groups excluding carboxylic acids is 2. The van der Waals surface area contributed by atoms with Crippen molar-refractivity contribution >= 4 is 17.5 Å². The van der Waals surface area contributed by atoms with Crippen LogP contribution in [0.15, 0.2) is 48.5 Å². The molecule has 0 spiro atoms. The molecule has 0 saturated carbocycles. The average molecular weight is 431 g/mol. The van der Waals surface area contributed by atoms with Crippen molar-refractivity contribution < 1.29 is 18.7 Å². The fraction of sp³-hybridized carbons (Fsp3) is 0.391. The summed E-state index contributed by atoms with van der Waals surface area (Å²) in [6.45, 7) is 1.76. The van der Waals surface area contributed by atoms with Crippen molar-refractivity contribution in [2.75, 3.05) is 53.2 Å². The van der Waals surface area contributed by atoms with Gasteiger partial charge in [-0.25, -0.2) is 4.39 Å². The number of carbonyl (C=O) groups is 2. The Morgan fingerprint density at radius 2 is 1.61 bits per heavy atom. The normalized spacial score (nSPS) is 12.0. The minimum Gasteiger partial charge on any atom is -0.494 e. The summed E-state index contributed by atoms with van der Waals surface area (Å²) in [7, 11) is 7.73. The Hall–Kier alpha value is -2.97. The van der Waals surface area contributed by atoms with E-state index in [1.54, 1.807) is 36.4 Å². The van der Waals surface area contributed by atoms with Gasteiger partial charge in [0.15, 0.2) is 0 Å². The maximum absolute atomic E-state index is 13.2. The van der Waals surface area contributed by atoms with E-state index in [-0.39, 0.29) is 18.4 Å². The quantitative estimate of drug-likeness (QED) is 0.448. The first-order valence-corrected chi connectivity index (χ1v) is 10.1. The molecule has 2 aromatic rings. The molecule has 0 aromatic heterocycles. The molecule has 0 fully saturated rings. The van der Waals surface area contributed by atoms with E-state index in [0.29, 0.717) is 18.0 Å². The molecule has 0 radical (unpaired) electrons. The molecule has 2 amide bonds. The van der Waals surface area contributed by atoms with E-state index >= 15 is 0 Å². The van der Waals surface area contributed by atoms with E-state index in [1.165, 1.54) is 12.1 Å². The van der Waals surface area contributed by atoms with E-state index in [4.69, 9.17) is 4.74 Å². The molecule has 1 unspecified atom stereocenters. The molecule has 0 saturated heterocycles. The van der Waals surface area contributed by atoms with Gasteiger partial charge < -0.3 is 25.2 Å². The van der Waals surface area contributed by atoms with Gasteiger partial charge in [0.25, 0.3) is 0 Å². The van der Waals surface area contributed by atoms with E-state index in [9.17, 15) is 14.0 Å². The second-order valence-electron chi connectivity index (χ2n) is 7.72. The van der Waals surface area contributed by atoms with Crippen molar-refractivity contribution in [3.8, 4) is 5.75 Å². The number of anilines is 1. The van der Waals surface area contributed by atoms with Gasteiger partial charge in [0.1, 0.15) is 11.6 Å². The van der Waals surface area contributed by atoms with Crippen LogP contribution in [0.3, 0.4) is 0 Å². The lowest BCUT2D eigenvalue weighted by Crippen LogP contribution is -2.40. The first-order valence-electron chi connectivity index (χ1n) is 10.1.